The number of hydrogen-bond acceptors (Lipinski definition) is 2. The van der Waals surface area contributed by atoms with E-state index < -0.39 is 0 Å². The molecule has 0 spiro atoms. The Morgan fingerprint density at radius 2 is 2.44 bits per heavy atom. The van der Waals surface area contributed by atoms with Crippen molar-refractivity contribution in [1.82, 2.24) is 14.7 Å². The van der Waals surface area contributed by atoms with Crippen molar-refractivity contribution in [3.63, 3.8) is 0 Å². The molecule has 0 bridgehead atoms. The molecule has 1 aliphatic heterocycles. The highest BCUT2D eigenvalue weighted by molar-refractivity contribution is 6.32. The van der Waals surface area contributed by atoms with Gasteiger partial charge in [-0.1, -0.05) is 17.7 Å². The quantitative estimate of drug-likeness (QED) is 0.866. The van der Waals surface area contributed by atoms with E-state index in [0.29, 0.717) is 11.2 Å². The minimum Gasteiger partial charge on any atom is -0.314 e. The monoisotopic (exact) mass is 235 g/mol. The average molecular weight is 236 g/mol. The molecule has 2 aromatic heterocycles. The molecule has 3 heterocycles. The van der Waals surface area contributed by atoms with Crippen LogP contribution in [0.25, 0.3) is 5.52 Å². The minimum atomic E-state index is 0.557. The first kappa shape index (κ1) is 10.1. The molecule has 3 nitrogen and oxygen atoms in total. The van der Waals surface area contributed by atoms with Gasteiger partial charge in [-0.2, -0.15) is 0 Å². The summed E-state index contributed by atoms with van der Waals surface area (Å²) < 4.78 is 2.09. The van der Waals surface area contributed by atoms with Gasteiger partial charge in [0.25, 0.3) is 0 Å². The predicted octanol–water partition coefficient (Wildman–Crippen LogP) is 2.28. The van der Waals surface area contributed by atoms with E-state index in [-0.39, 0.29) is 0 Å². The van der Waals surface area contributed by atoms with Crippen LogP contribution in [0.1, 0.15) is 18.7 Å². The summed E-state index contributed by atoms with van der Waals surface area (Å²) in [4.78, 5) is 4.44. The maximum atomic E-state index is 6.11. The summed E-state index contributed by atoms with van der Waals surface area (Å²) in [5, 5.41) is 4.09. The van der Waals surface area contributed by atoms with Crippen molar-refractivity contribution in [1.29, 1.82) is 0 Å². The summed E-state index contributed by atoms with van der Waals surface area (Å²) in [6.45, 7) is 1.13. The zero-order chi connectivity index (χ0) is 11.0. The number of imidazole rings is 1. The first-order chi connectivity index (χ1) is 7.84. The zero-order valence-corrected chi connectivity index (χ0v) is 9.74. The molecule has 1 fully saturated rings. The fourth-order valence-corrected chi connectivity index (χ4v) is 2.61. The summed E-state index contributed by atoms with van der Waals surface area (Å²) in [5.74, 6) is 1.06. The van der Waals surface area contributed by atoms with E-state index >= 15 is 0 Å². The van der Waals surface area contributed by atoms with Crippen molar-refractivity contribution < 1.29 is 0 Å². The fraction of sp³-hybridized carbons (Fsp3) is 0.417. The lowest BCUT2D eigenvalue weighted by molar-refractivity contribution is 0.584. The molecular weight excluding hydrogens is 222 g/mol. The lowest BCUT2D eigenvalue weighted by Crippen LogP contribution is -2.24. The number of halogens is 1. The van der Waals surface area contributed by atoms with Gasteiger partial charge in [0, 0.05) is 18.7 Å². The van der Waals surface area contributed by atoms with Gasteiger partial charge in [-0.15, -0.1) is 0 Å². The maximum absolute atomic E-state index is 6.11. The number of hydrogen-bond donors (Lipinski definition) is 1. The largest absolute Gasteiger partial charge is 0.314 e. The Labute approximate surface area is 99.4 Å². The Morgan fingerprint density at radius 1 is 1.50 bits per heavy atom. The summed E-state index contributed by atoms with van der Waals surface area (Å²) in [6.07, 6.45) is 5.48. The average Bonchev–Trinajstić information content (AvgIpc) is 2.90. The van der Waals surface area contributed by atoms with Crippen molar-refractivity contribution in [3.05, 3.63) is 35.4 Å². The van der Waals surface area contributed by atoms with Crippen LogP contribution in [0, 0.1) is 0 Å². The van der Waals surface area contributed by atoms with Crippen LogP contribution in [0.3, 0.4) is 0 Å². The Balaban J connectivity index is 1.96. The molecule has 2 aromatic rings. The second-order valence-electron chi connectivity index (χ2n) is 4.27. The number of aromatic nitrogens is 2. The Hall–Kier alpha value is -1.06. The minimum absolute atomic E-state index is 0.557. The fourth-order valence-electron chi connectivity index (χ4n) is 2.36. The Bertz CT molecular complexity index is 500. The van der Waals surface area contributed by atoms with Gasteiger partial charge in [0.05, 0.1) is 5.52 Å². The summed E-state index contributed by atoms with van der Waals surface area (Å²) in [7, 11) is 0. The predicted molar refractivity (Wildman–Crippen MR) is 64.9 cm³/mol. The van der Waals surface area contributed by atoms with Gasteiger partial charge in [0.15, 0.2) is 5.15 Å². The second kappa shape index (κ2) is 4.07. The van der Waals surface area contributed by atoms with Crippen LogP contribution in [0.2, 0.25) is 5.15 Å². The molecule has 4 heteroatoms. The van der Waals surface area contributed by atoms with Gasteiger partial charge in [0.1, 0.15) is 5.82 Å². The molecule has 16 heavy (non-hydrogen) atoms. The normalized spacial score (nSPS) is 20.7. The third-order valence-electron chi connectivity index (χ3n) is 3.17. The molecule has 1 saturated heterocycles. The van der Waals surface area contributed by atoms with Gasteiger partial charge < -0.3 is 9.72 Å². The molecule has 1 atom stereocenters. The molecule has 0 aliphatic carbocycles. The van der Waals surface area contributed by atoms with Gasteiger partial charge in [-0.3, -0.25) is 0 Å². The van der Waals surface area contributed by atoms with Crippen molar-refractivity contribution in [2.45, 2.75) is 25.3 Å². The van der Waals surface area contributed by atoms with Crippen LogP contribution in [0.5, 0.6) is 0 Å². The summed E-state index contributed by atoms with van der Waals surface area (Å²) in [6, 6.07) is 6.56. The van der Waals surface area contributed by atoms with Crippen LogP contribution in [-0.2, 0) is 6.42 Å². The zero-order valence-electron chi connectivity index (χ0n) is 8.99. The number of nitrogens with one attached hydrogen (secondary N) is 1. The molecule has 0 aromatic carbocycles. The SMILES string of the molecule is Clc1nc(CC2CCCN2)n2ccccc12. The number of fused-ring (bicyclic) bond motifs is 1. The van der Waals surface area contributed by atoms with Gasteiger partial charge in [-0.05, 0) is 31.5 Å². The van der Waals surface area contributed by atoms with Gasteiger partial charge >= 0.3 is 0 Å². The van der Waals surface area contributed by atoms with E-state index in [1.165, 1.54) is 12.8 Å². The molecule has 1 N–H and O–H groups in total. The van der Waals surface area contributed by atoms with Gasteiger partial charge in [-0.25, -0.2) is 4.98 Å². The smallest absolute Gasteiger partial charge is 0.155 e. The standard InChI is InChI=1S/C12H14ClN3/c13-12-10-5-1-2-7-16(10)11(15-12)8-9-4-3-6-14-9/h1-2,5,7,9,14H,3-4,6,8H2. The van der Waals surface area contributed by atoms with Crippen molar-refractivity contribution in [3.8, 4) is 0 Å². The van der Waals surface area contributed by atoms with Gasteiger partial charge in [0.2, 0.25) is 0 Å². The topological polar surface area (TPSA) is 29.3 Å². The van der Waals surface area contributed by atoms with E-state index in [4.69, 9.17) is 11.6 Å². The first-order valence-electron chi connectivity index (χ1n) is 5.69. The molecule has 1 aliphatic rings. The second-order valence-corrected chi connectivity index (χ2v) is 4.63. The van der Waals surface area contributed by atoms with Crippen molar-refractivity contribution in [2.75, 3.05) is 6.54 Å². The molecule has 0 radical (unpaired) electrons. The van der Waals surface area contributed by atoms with Crippen LogP contribution < -0.4 is 5.32 Å². The lowest BCUT2D eigenvalue weighted by Gasteiger charge is -2.08. The van der Waals surface area contributed by atoms with E-state index in [1.54, 1.807) is 0 Å². The van der Waals surface area contributed by atoms with E-state index in [2.05, 4.69) is 14.7 Å². The molecule has 0 saturated carbocycles. The van der Waals surface area contributed by atoms with Crippen molar-refractivity contribution in [2.24, 2.45) is 0 Å². The molecule has 84 valence electrons. The van der Waals surface area contributed by atoms with E-state index in [1.807, 2.05) is 24.4 Å². The highest BCUT2D eigenvalue weighted by atomic mass is 35.5. The summed E-state index contributed by atoms with van der Waals surface area (Å²) >= 11 is 6.11. The number of pyridine rings is 1. The van der Waals surface area contributed by atoms with Crippen LogP contribution in [-0.4, -0.2) is 22.0 Å². The van der Waals surface area contributed by atoms with Crippen LogP contribution in [0.15, 0.2) is 24.4 Å². The molecule has 0 amide bonds. The Morgan fingerprint density at radius 3 is 3.25 bits per heavy atom. The van der Waals surface area contributed by atoms with E-state index in [9.17, 15) is 0 Å². The Kier molecular flexibility index (Phi) is 2.58. The lowest BCUT2D eigenvalue weighted by atomic mass is 10.1. The third-order valence-corrected chi connectivity index (χ3v) is 3.45. The highest BCUT2D eigenvalue weighted by Crippen LogP contribution is 2.20. The first-order valence-corrected chi connectivity index (χ1v) is 6.07. The molecular formula is C12H14ClN3. The molecule has 1 unspecified atom stereocenters. The number of rotatable bonds is 2. The number of nitrogens with zero attached hydrogens (tertiary/aromatic N) is 2. The summed E-state index contributed by atoms with van der Waals surface area (Å²) in [5.41, 5.74) is 0.997. The maximum Gasteiger partial charge on any atom is 0.155 e. The molecule has 3 rings (SSSR count). The highest BCUT2D eigenvalue weighted by Gasteiger charge is 2.18. The van der Waals surface area contributed by atoms with Crippen LogP contribution in [0.4, 0.5) is 0 Å². The third kappa shape index (κ3) is 1.70. The van der Waals surface area contributed by atoms with Crippen molar-refractivity contribution >= 4 is 17.1 Å². The van der Waals surface area contributed by atoms with Crippen LogP contribution >= 0.6 is 11.6 Å². The van der Waals surface area contributed by atoms with E-state index in [0.717, 1.165) is 24.3 Å².